The van der Waals surface area contributed by atoms with Gasteiger partial charge in [-0.25, -0.2) is 9.78 Å². The van der Waals surface area contributed by atoms with Crippen LogP contribution in [0.15, 0.2) is 18.3 Å². The number of imide groups is 1. The Morgan fingerprint density at radius 1 is 1.32 bits per heavy atom. The Morgan fingerprint density at radius 3 is 2.77 bits per heavy atom. The van der Waals surface area contributed by atoms with Crippen molar-refractivity contribution in [3.63, 3.8) is 0 Å². The monoisotopic (exact) mass is 305 g/mol. The molecule has 22 heavy (non-hydrogen) atoms. The molecule has 1 fully saturated rings. The molecule has 1 aromatic rings. The quantitative estimate of drug-likeness (QED) is 0.415. The molecule has 0 bridgehead atoms. The average molecular weight is 305 g/mol. The van der Waals surface area contributed by atoms with Gasteiger partial charge >= 0.3 is 6.03 Å². The van der Waals surface area contributed by atoms with Crippen LogP contribution >= 0.6 is 0 Å². The predicted molar refractivity (Wildman–Crippen MR) is 80.2 cm³/mol. The second-order valence-electron chi connectivity index (χ2n) is 5.07. The zero-order chi connectivity index (χ0) is 15.9. The van der Waals surface area contributed by atoms with Crippen molar-refractivity contribution in [1.82, 2.24) is 20.9 Å². The number of anilines is 1. The highest BCUT2D eigenvalue weighted by Crippen LogP contribution is 2.03. The summed E-state index contributed by atoms with van der Waals surface area (Å²) in [5.41, 5.74) is 1.10. The van der Waals surface area contributed by atoms with E-state index in [1.54, 1.807) is 6.20 Å². The predicted octanol–water partition coefficient (Wildman–Crippen LogP) is -0.0937. The molecule has 1 saturated heterocycles. The number of urea groups is 1. The first-order chi connectivity index (χ1) is 10.5. The van der Waals surface area contributed by atoms with Crippen molar-refractivity contribution >= 4 is 23.7 Å². The molecule has 8 nitrogen and oxygen atoms in total. The Kier molecular flexibility index (Phi) is 5.29. The second-order valence-corrected chi connectivity index (χ2v) is 5.07. The van der Waals surface area contributed by atoms with E-state index in [4.69, 9.17) is 0 Å². The van der Waals surface area contributed by atoms with Crippen LogP contribution in [-0.4, -0.2) is 42.0 Å². The summed E-state index contributed by atoms with van der Waals surface area (Å²) in [4.78, 5) is 38.1. The van der Waals surface area contributed by atoms with Crippen molar-refractivity contribution in [2.45, 2.75) is 25.8 Å². The number of aryl methyl sites for hydroxylation is 1. The summed E-state index contributed by atoms with van der Waals surface area (Å²) in [6.07, 6.45) is 2.46. The molecule has 0 aromatic carbocycles. The number of aromatic nitrogens is 1. The maximum Gasteiger partial charge on any atom is 0.322 e. The second kappa shape index (κ2) is 7.39. The van der Waals surface area contributed by atoms with Crippen LogP contribution < -0.4 is 21.3 Å². The Morgan fingerprint density at radius 2 is 2.14 bits per heavy atom. The summed E-state index contributed by atoms with van der Waals surface area (Å²) in [5, 5.41) is 10.3. The van der Waals surface area contributed by atoms with Crippen LogP contribution in [0.1, 0.15) is 18.4 Å². The number of nitrogens with zero attached hydrogens (tertiary/aromatic N) is 1. The molecule has 8 heteroatoms. The van der Waals surface area contributed by atoms with E-state index in [-0.39, 0.29) is 12.3 Å². The SMILES string of the molecule is Cc1ccc(NCCCNC(=O)CC2NC(=O)NC2=O)nc1. The molecule has 0 spiro atoms. The maximum absolute atomic E-state index is 11.6. The van der Waals surface area contributed by atoms with Crippen molar-refractivity contribution in [3.8, 4) is 0 Å². The van der Waals surface area contributed by atoms with Gasteiger partial charge in [0, 0.05) is 19.3 Å². The molecule has 1 aromatic heterocycles. The molecule has 4 N–H and O–H groups in total. The fourth-order valence-electron chi connectivity index (χ4n) is 1.97. The van der Waals surface area contributed by atoms with E-state index < -0.39 is 18.0 Å². The van der Waals surface area contributed by atoms with Gasteiger partial charge in [-0.1, -0.05) is 6.07 Å². The molecule has 1 atom stereocenters. The first-order valence-corrected chi connectivity index (χ1v) is 7.09. The minimum absolute atomic E-state index is 0.0511. The minimum atomic E-state index is -0.776. The van der Waals surface area contributed by atoms with Crippen molar-refractivity contribution in [2.75, 3.05) is 18.4 Å². The third-order valence-electron chi connectivity index (χ3n) is 3.14. The van der Waals surface area contributed by atoms with Gasteiger partial charge in [0.1, 0.15) is 11.9 Å². The number of carbonyl (C=O) groups excluding carboxylic acids is 3. The van der Waals surface area contributed by atoms with Crippen LogP contribution in [0.3, 0.4) is 0 Å². The normalized spacial score (nSPS) is 16.9. The lowest BCUT2D eigenvalue weighted by atomic mass is 10.2. The number of hydrogen-bond donors (Lipinski definition) is 4. The highest BCUT2D eigenvalue weighted by Gasteiger charge is 2.30. The lowest BCUT2D eigenvalue weighted by Gasteiger charge is -2.09. The number of nitrogens with one attached hydrogen (secondary N) is 4. The number of amides is 4. The van der Waals surface area contributed by atoms with E-state index in [0.29, 0.717) is 13.1 Å². The third-order valence-corrected chi connectivity index (χ3v) is 3.14. The van der Waals surface area contributed by atoms with Gasteiger partial charge in [0.2, 0.25) is 5.91 Å². The molecule has 118 valence electrons. The van der Waals surface area contributed by atoms with Gasteiger partial charge in [0.15, 0.2) is 0 Å². The molecule has 1 unspecified atom stereocenters. The topological polar surface area (TPSA) is 112 Å². The zero-order valence-corrected chi connectivity index (χ0v) is 12.3. The summed E-state index contributed by atoms with van der Waals surface area (Å²) in [7, 11) is 0. The lowest BCUT2D eigenvalue weighted by Crippen LogP contribution is -2.36. The lowest BCUT2D eigenvalue weighted by molar-refractivity contribution is -0.126. The van der Waals surface area contributed by atoms with Crippen molar-refractivity contribution in [1.29, 1.82) is 0 Å². The Labute approximate surface area is 128 Å². The van der Waals surface area contributed by atoms with Gasteiger partial charge in [-0.2, -0.15) is 0 Å². The Balaban J connectivity index is 1.58. The van der Waals surface area contributed by atoms with Gasteiger partial charge in [-0.15, -0.1) is 0 Å². The molecule has 0 radical (unpaired) electrons. The average Bonchev–Trinajstić information content (AvgIpc) is 2.78. The highest BCUT2D eigenvalue weighted by molar-refractivity contribution is 6.05. The molecule has 2 rings (SSSR count). The number of pyridine rings is 1. The van der Waals surface area contributed by atoms with Gasteiger partial charge in [0.05, 0.1) is 6.42 Å². The maximum atomic E-state index is 11.6. The fourth-order valence-corrected chi connectivity index (χ4v) is 1.97. The van der Waals surface area contributed by atoms with E-state index in [1.165, 1.54) is 0 Å². The van der Waals surface area contributed by atoms with Crippen LogP contribution in [0, 0.1) is 6.92 Å². The summed E-state index contributed by atoms with van der Waals surface area (Å²) >= 11 is 0. The van der Waals surface area contributed by atoms with Crippen LogP contribution in [-0.2, 0) is 9.59 Å². The van der Waals surface area contributed by atoms with Crippen molar-refractivity contribution in [2.24, 2.45) is 0 Å². The molecular weight excluding hydrogens is 286 g/mol. The summed E-state index contributed by atoms with van der Waals surface area (Å²) in [6.45, 7) is 3.14. The summed E-state index contributed by atoms with van der Waals surface area (Å²) in [5.74, 6) is 0.0605. The minimum Gasteiger partial charge on any atom is -0.370 e. The molecule has 1 aliphatic rings. The zero-order valence-electron chi connectivity index (χ0n) is 12.3. The first kappa shape index (κ1) is 15.7. The number of rotatable bonds is 7. The van der Waals surface area contributed by atoms with Gasteiger partial charge in [-0.05, 0) is 25.0 Å². The molecule has 1 aliphatic heterocycles. The van der Waals surface area contributed by atoms with Gasteiger partial charge in [-0.3, -0.25) is 14.9 Å². The molecule has 0 saturated carbocycles. The van der Waals surface area contributed by atoms with E-state index in [9.17, 15) is 14.4 Å². The Hall–Kier alpha value is -2.64. The van der Waals surface area contributed by atoms with Gasteiger partial charge < -0.3 is 16.0 Å². The molecule has 0 aliphatic carbocycles. The number of carbonyl (C=O) groups is 3. The molecular formula is C14H19N5O3. The standard InChI is InChI=1S/C14H19N5O3/c1-9-3-4-11(17-8-9)15-5-2-6-16-12(20)7-10-13(21)19-14(22)18-10/h3-4,8,10H,2,5-7H2,1H3,(H,15,17)(H,16,20)(H2,18,19,21,22). The highest BCUT2D eigenvalue weighted by atomic mass is 16.2. The number of hydrogen-bond acceptors (Lipinski definition) is 5. The van der Waals surface area contributed by atoms with Crippen molar-refractivity contribution < 1.29 is 14.4 Å². The van der Waals surface area contributed by atoms with Crippen LogP contribution in [0.25, 0.3) is 0 Å². The summed E-state index contributed by atoms with van der Waals surface area (Å²) < 4.78 is 0. The van der Waals surface area contributed by atoms with E-state index in [2.05, 4.69) is 26.3 Å². The van der Waals surface area contributed by atoms with Crippen LogP contribution in [0.2, 0.25) is 0 Å². The smallest absolute Gasteiger partial charge is 0.322 e. The van der Waals surface area contributed by atoms with Crippen LogP contribution in [0.5, 0.6) is 0 Å². The van der Waals surface area contributed by atoms with E-state index >= 15 is 0 Å². The Bertz CT molecular complexity index is 558. The third kappa shape index (κ3) is 4.72. The molecule has 4 amide bonds. The van der Waals surface area contributed by atoms with Crippen molar-refractivity contribution in [3.05, 3.63) is 23.9 Å². The first-order valence-electron chi connectivity index (χ1n) is 7.09. The fraction of sp³-hybridized carbons (Fsp3) is 0.429. The van der Waals surface area contributed by atoms with E-state index in [0.717, 1.165) is 17.8 Å². The molecule has 2 heterocycles. The largest absolute Gasteiger partial charge is 0.370 e. The van der Waals surface area contributed by atoms with E-state index in [1.807, 2.05) is 19.1 Å². The van der Waals surface area contributed by atoms with Gasteiger partial charge in [0.25, 0.3) is 5.91 Å². The van der Waals surface area contributed by atoms with Crippen LogP contribution in [0.4, 0.5) is 10.6 Å². The summed E-state index contributed by atoms with van der Waals surface area (Å²) in [6, 6.07) is 2.54.